The molecular formula is C11H16N4O2. The van der Waals surface area contributed by atoms with Gasteiger partial charge in [0.1, 0.15) is 0 Å². The number of anilines is 1. The fraction of sp³-hybridized carbons (Fsp3) is 0.545. The van der Waals surface area contributed by atoms with Gasteiger partial charge in [-0.25, -0.2) is 5.10 Å². The van der Waals surface area contributed by atoms with E-state index in [0.717, 1.165) is 12.8 Å². The Kier molecular flexibility index (Phi) is 3.74. The highest BCUT2D eigenvalue weighted by Crippen LogP contribution is 2.20. The van der Waals surface area contributed by atoms with Crippen LogP contribution in [-0.2, 0) is 4.79 Å². The van der Waals surface area contributed by atoms with Crippen LogP contribution in [-0.4, -0.2) is 27.7 Å². The Morgan fingerprint density at radius 1 is 1.71 bits per heavy atom. The molecule has 0 aliphatic heterocycles. The van der Waals surface area contributed by atoms with Crippen molar-refractivity contribution < 1.29 is 9.53 Å². The highest BCUT2D eigenvalue weighted by atomic mass is 16.5. The monoisotopic (exact) mass is 236 g/mol. The SMILES string of the molecule is CCOc1n[nH]c(NC(=O)CC2C=CCC2)n1. The van der Waals surface area contributed by atoms with Crippen molar-refractivity contribution in [2.24, 2.45) is 5.92 Å². The van der Waals surface area contributed by atoms with Gasteiger partial charge < -0.3 is 4.74 Å². The summed E-state index contributed by atoms with van der Waals surface area (Å²) in [6.07, 6.45) is 6.80. The second-order valence-corrected chi connectivity index (χ2v) is 3.92. The van der Waals surface area contributed by atoms with Gasteiger partial charge in [0, 0.05) is 6.42 Å². The molecule has 0 spiro atoms. The van der Waals surface area contributed by atoms with E-state index in [0.29, 0.717) is 24.9 Å². The highest BCUT2D eigenvalue weighted by molar-refractivity contribution is 5.89. The minimum Gasteiger partial charge on any atom is -0.463 e. The van der Waals surface area contributed by atoms with E-state index >= 15 is 0 Å². The van der Waals surface area contributed by atoms with Crippen molar-refractivity contribution in [3.8, 4) is 6.01 Å². The highest BCUT2D eigenvalue weighted by Gasteiger charge is 2.15. The van der Waals surface area contributed by atoms with Gasteiger partial charge in [0.25, 0.3) is 0 Å². The Morgan fingerprint density at radius 3 is 3.29 bits per heavy atom. The lowest BCUT2D eigenvalue weighted by atomic mass is 10.1. The molecule has 0 fully saturated rings. The Morgan fingerprint density at radius 2 is 2.59 bits per heavy atom. The van der Waals surface area contributed by atoms with E-state index in [9.17, 15) is 4.79 Å². The predicted octanol–water partition coefficient (Wildman–Crippen LogP) is 1.50. The molecule has 6 nitrogen and oxygen atoms in total. The minimum absolute atomic E-state index is 0.0549. The van der Waals surface area contributed by atoms with Gasteiger partial charge in [-0.3, -0.25) is 10.1 Å². The first kappa shape index (κ1) is 11.6. The van der Waals surface area contributed by atoms with Gasteiger partial charge in [-0.15, -0.1) is 5.10 Å². The number of nitrogens with zero attached hydrogens (tertiary/aromatic N) is 2. The zero-order valence-corrected chi connectivity index (χ0v) is 9.77. The largest absolute Gasteiger partial charge is 0.463 e. The molecule has 0 saturated heterocycles. The van der Waals surface area contributed by atoms with E-state index in [1.54, 1.807) is 0 Å². The average molecular weight is 236 g/mol. The van der Waals surface area contributed by atoms with E-state index in [2.05, 4.69) is 32.7 Å². The lowest BCUT2D eigenvalue weighted by molar-refractivity contribution is -0.116. The molecule has 1 unspecified atom stereocenters. The molecule has 1 aliphatic carbocycles. The van der Waals surface area contributed by atoms with Gasteiger partial charge >= 0.3 is 6.01 Å². The molecule has 1 aliphatic rings. The van der Waals surface area contributed by atoms with E-state index in [1.165, 1.54) is 0 Å². The van der Waals surface area contributed by atoms with Gasteiger partial charge in [-0.1, -0.05) is 12.2 Å². The molecule has 92 valence electrons. The molecule has 2 N–H and O–H groups in total. The van der Waals surface area contributed by atoms with E-state index in [1.807, 2.05) is 6.92 Å². The number of H-pyrrole nitrogens is 1. The van der Waals surface area contributed by atoms with Crippen molar-refractivity contribution >= 4 is 11.9 Å². The van der Waals surface area contributed by atoms with E-state index < -0.39 is 0 Å². The number of carbonyl (C=O) groups is 1. The minimum atomic E-state index is -0.0549. The Balaban J connectivity index is 1.82. The first-order valence-corrected chi connectivity index (χ1v) is 5.79. The normalized spacial score (nSPS) is 18.3. The van der Waals surface area contributed by atoms with Crippen LogP contribution in [0.2, 0.25) is 0 Å². The zero-order chi connectivity index (χ0) is 12.1. The van der Waals surface area contributed by atoms with Crippen LogP contribution >= 0.6 is 0 Å². The van der Waals surface area contributed by atoms with Crippen LogP contribution in [0.1, 0.15) is 26.2 Å². The fourth-order valence-corrected chi connectivity index (χ4v) is 1.78. The van der Waals surface area contributed by atoms with Crippen LogP contribution in [0, 0.1) is 5.92 Å². The molecule has 1 heterocycles. The van der Waals surface area contributed by atoms with Crippen molar-refractivity contribution in [3.63, 3.8) is 0 Å². The van der Waals surface area contributed by atoms with E-state index in [-0.39, 0.29) is 11.9 Å². The maximum absolute atomic E-state index is 11.7. The molecule has 0 aromatic carbocycles. The Bertz CT molecular complexity index is 413. The lowest BCUT2D eigenvalue weighted by Crippen LogP contribution is -2.15. The molecular weight excluding hydrogens is 220 g/mol. The van der Waals surface area contributed by atoms with Crippen LogP contribution in [0.25, 0.3) is 0 Å². The number of allylic oxidation sites excluding steroid dienone is 2. The van der Waals surface area contributed by atoms with Crippen molar-refractivity contribution in [2.75, 3.05) is 11.9 Å². The summed E-state index contributed by atoms with van der Waals surface area (Å²) in [4.78, 5) is 15.6. The van der Waals surface area contributed by atoms with Crippen molar-refractivity contribution in [1.82, 2.24) is 15.2 Å². The van der Waals surface area contributed by atoms with Crippen molar-refractivity contribution in [3.05, 3.63) is 12.2 Å². The predicted molar refractivity (Wildman–Crippen MR) is 62.7 cm³/mol. The molecule has 1 atom stereocenters. The summed E-state index contributed by atoms with van der Waals surface area (Å²) < 4.78 is 5.09. The Hall–Kier alpha value is -1.85. The lowest BCUT2D eigenvalue weighted by Gasteiger charge is -2.05. The molecule has 1 aromatic rings. The average Bonchev–Trinajstić information content (AvgIpc) is 2.91. The number of aromatic amines is 1. The van der Waals surface area contributed by atoms with Crippen molar-refractivity contribution in [2.45, 2.75) is 26.2 Å². The number of amides is 1. The third kappa shape index (κ3) is 3.30. The van der Waals surface area contributed by atoms with Crippen LogP contribution in [0.4, 0.5) is 5.95 Å². The third-order valence-corrected chi connectivity index (χ3v) is 2.56. The topological polar surface area (TPSA) is 79.9 Å². The number of aromatic nitrogens is 3. The van der Waals surface area contributed by atoms with Crippen molar-refractivity contribution in [1.29, 1.82) is 0 Å². The summed E-state index contributed by atoms with van der Waals surface area (Å²) in [5.41, 5.74) is 0. The maximum atomic E-state index is 11.7. The molecule has 1 aromatic heterocycles. The summed E-state index contributed by atoms with van der Waals surface area (Å²) in [6, 6.07) is 0.253. The summed E-state index contributed by atoms with van der Waals surface area (Å²) in [5.74, 6) is 0.630. The van der Waals surface area contributed by atoms with Gasteiger partial charge in [0.2, 0.25) is 11.9 Å². The molecule has 0 bridgehead atoms. The number of rotatable bonds is 5. The van der Waals surface area contributed by atoms with Crippen LogP contribution in [0.5, 0.6) is 6.01 Å². The second kappa shape index (κ2) is 5.47. The van der Waals surface area contributed by atoms with Gasteiger partial charge in [0.15, 0.2) is 0 Å². The molecule has 1 amide bonds. The van der Waals surface area contributed by atoms with Crippen LogP contribution in [0.3, 0.4) is 0 Å². The first-order valence-electron chi connectivity index (χ1n) is 5.79. The van der Waals surface area contributed by atoms with Gasteiger partial charge in [0.05, 0.1) is 6.61 Å². The van der Waals surface area contributed by atoms with Gasteiger partial charge in [-0.05, 0) is 25.7 Å². The fourth-order valence-electron chi connectivity index (χ4n) is 1.78. The molecule has 17 heavy (non-hydrogen) atoms. The summed E-state index contributed by atoms with van der Waals surface area (Å²) in [7, 11) is 0. The van der Waals surface area contributed by atoms with Crippen LogP contribution in [0.15, 0.2) is 12.2 Å². The molecule has 0 saturated carbocycles. The first-order chi connectivity index (χ1) is 8.28. The summed E-state index contributed by atoms with van der Waals surface area (Å²) >= 11 is 0. The molecule has 2 rings (SSSR count). The van der Waals surface area contributed by atoms with Crippen LogP contribution < -0.4 is 10.1 Å². The number of hydrogen-bond acceptors (Lipinski definition) is 4. The third-order valence-electron chi connectivity index (χ3n) is 2.56. The standard InChI is InChI=1S/C11H16N4O2/c1-2-17-11-13-10(14-15-11)12-9(16)7-8-5-3-4-6-8/h3,5,8H,2,4,6-7H2,1H3,(H2,12,13,14,15,16). The Labute approximate surface area is 99.5 Å². The summed E-state index contributed by atoms with van der Waals surface area (Å²) in [6.45, 7) is 2.35. The maximum Gasteiger partial charge on any atom is 0.337 e. The van der Waals surface area contributed by atoms with Gasteiger partial charge in [-0.2, -0.15) is 4.98 Å². The van der Waals surface area contributed by atoms with E-state index in [4.69, 9.17) is 4.74 Å². The zero-order valence-electron chi connectivity index (χ0n) is 9.77. The molecule has 6 heteroatoms. The number of nitrogens with one attached hydrogen (secondary N) is 2. The number of hydrogen-bond donors (Lipinski definition) is 2. The second-order valence-electron chi connectivity index (χ2n) is 3.92. The molecule has 0 radical (unpaired) electrons. The smallest absolute Gasteiger partial charge is 0.337 e. The quantitative estimate of drug-likeness (QED) is 0.759. The number of carbonyl (C=O) groups excluding carboxylic acids is 1. The number of ether oxygens (including phenoxy) is 1. The summed E-state index contributed by atoms with van der Waals surface area (Å²) in [5, 5.41) is 9.08.